The molecule has 0 spiro atoms. The van der Waals surface area contributed by atoms with E-state index in [2.05, 4.69) is 0 Å². The van der Waals surface area contributed by atoms with Crippen molar-refractivity contribution in [2.75, 3.05) is 20.2 Å². The molecule has 0 saturated carbocycles. The number of nitrogens with zero attached hydrogens (tertiary/aromatic N) is 1. The van der Waals surface area contributed by atoms with E-state index in [0.717, 1.165) is 5.56 Å². The second-order valence-electron chi connectivity index (χ2n) is 6.82. The molecule has 2 aromatic carbocycles. The minimum Gasteiger partial charge on any atom is -0.497 e. The van der Waals surface area contributed by atoms with Crippen molar-refractivity contribution in [3.63, 3.8) is 0 Å². The van der Waals surface area contributed by atoms with E-state index in [-0.39, 0.29) is 13.1 Å². The number of aliphatic hydroxyl groups is 1. The Balaban J connectivity index is 1.71. The van der Waals surface area contributed by atoms with Gasteiger partial charge in [0.15, 0.2) is 6.10 Å². The minimum atomic E-state index is -1.33. The molecule has 1 fully saturated rings. The lowest BCUT2D eigenvalue weighted by Crippen LogP contribution is -2.65. The molecule has 3 rings (SSSR count). The second-order valence-corrected chi connectivity index (χ2v) is 7.26. The number of methoxy groups -OCH3 is 1. The number of carbonyl (C=O) groups excluding carboxylic acids is 2. The van der Waals surface area contributed by atoms with Crippen LogP contribution >= 0.6 is 11.6 Å². The zero-order valence-corrected chi connectivity index (χ0v) is 15.6. The van der Waals surface area contributed by atoms with E-state index in [1.165, 1.54) is 4.90 Å². The lowest BCUT2D eigenvalue weighted by molar-refractivity contribution is -0.158. The molecule has 1 atom stereocenters. The first-order valence-corrected chi connectivity index (χ1v) is 8.87. The molecular weight excluding hydrogens is 368 g/mol. The van der Waals surface area contributed by atoms with Gasteiger partial charge in [-0.2, -0.15) is 0 Å². The number of hydrogen-bond acceptors (Lipinski definition) is 4. The number of nitrogens with two attached hydrogens (primary N) is 1. The van der Waals surface area contributed by atoms with Gasteiger partial charge in [-0.1, -0.05) is 35.9 Å². The van der Waals surface area contributed by atoms with Gasteiger partial charge in [0.2, 0.25) is 5.91 Å². The van der Waals surface area contributed by atoms with Crippen molar-refractivity contribution in [1.82, 2.24) is 4.90 Å². The third kappa shape index (κ3) is 3.91. The summed E-state index contributed by atoms with van der Waals surface area (Å²) in [7, 11) is 1.57. The lowest BCUT2D eigenvalue weighted by Gasteiger charge is -2.48. The van der Waals surface area contributed by atoms with Crippen LogP contribution in [0.1, 0.15) is 17.2 Å². The molecule has 7 heteroatoms. The van der Waals surface area contributed by atoms with E-state index >= 15 is 0 Å². The molecule has 2 aromatic rings. The van der Waals surface area contributed by atoms with Gasteiger partial charge in [-0.15, -0.1) is 0 Å². The van der Waals surface area contributed by atoms with E-state index in [1.807, 2.05) is 24.3 Å². The number of amides is 2. The zero-order valence-electron chi connectivity index (χ0n) is 14.9. The minimum absolute atomic E-state index is 0.163. The predicted octanol–water partition coefficient (Wildman–Crippen LogP) is 1.94. The zero-order chi connectivity index (χ0) is 19.6. The first-order chi connectivity index (χ1) is 12.8. The molecule has 1 aliphatic heterocycles. The quantitative estimate of drug-likeness (QED) is 0.790. The number of likely N-dealkylation sites (tertiary alicyclic amines) is 1. The molecule has 0 aliphatic carbocycles. The molecule has 1 heterocycles. The van der Waals surface area contributed by atoms with Crippen LogP contribution in [0.3, 0.4) is 0 Å². The van der Waals surface area contributed by atoms with Crippen LogP contribution < -0.4 is 10.5 Å². The topological polar surface area (TPSA) is 92.9 Å². The number of hydrogen-bond donors (Lipinski definition) is 2. The van der Waals surface area contributed by atoms with Gasteiger partial charge in [-0.05, 0) is 41.8 Å². The fraction of sp³-hybridized carbons (Fsp3) is 0.300. The number of carbonyl (C=O) groups is 2. The van der Waals surface area contributed by atoms with Crippen LogP contribution in [0.2, 0.25) is 5.02 Å². The summed E-state index contributed by atoms with van der Waals surface area (Å²) < 4.78 is 5.21. The molecule has 2 amide bonds. The van der Waals surface area contributed by atoms with E-state index < -0.39 is 23.3 Å². The molecular formula is C20H21ClN2O4. The summed E-state index contributed by atoms with van der Waals surface area (Å²) in [6, 6.07) is 13.9. The molecule has 0 aromatic heterocycles. The summed E-state index contributed by atoms with van der Waals surface area (Å²) in [5.41, 5.74) is 6.09. The van der Waals surface area contributed by atoms with Gasteiger partial charge in [0.05, 0.1) is 12.5 Å². The summed E-state index contributed by atoms with van der Waals surface area (Å²) in [5.74, 6) is -0.248. The van der Waals surface area contributed by atoms with Gasteiger partial charge in [0, 0.05) is 18.1 Å². The average molecular weight is 389 g/mol. The molecule has 1 saturated heterocycles. The summed E-state index contributed by atoms with van der Waals surface area (Å²) in [6.45, 7) is 0.325. The standard InChI is InChI=1S/C20H21ClN2O4/c1-27-16-7-2-4-13(8-16)10-20(19(22)26)11-23(12-20)18(25)17(24)14-5-3-6-15(21)9-14/h2-9,17,24H,10-12H2,1H3,(H2,22,26). The lowest BCUT2D eigenvalue weighted by atomic mass is 9.73. The van der Waals surface area contributed by atoms with E-state index in [9.17, 15) is 14.7 Å². The molecule has 1 unspecified atom stereocenters. The Labute approximate surface area is 162 Å². The van der Waals surface area contributed by atoms with Crippen molar-refractivity contribution < 1.29 is 19.4 Å². The normalized spacial score (nSPS) is 16.3. The van der Waals surface area contributed by atoms with E-state index in [0.29, 0.717) is 22.8 Å². The van der Waals surface area contributed by atoms with Crippen LogP contribution in [0.5, 0.6) is 5.75 Å². The summed E-state index contributed by atoms with van der Waals surface area (Å²) in [5, 5.41) is 10.8. The number of halogens is 1. The Hall–Kier alpha value is -2.57. The Bertz CT molecular complexity index is 865. The molecule has 6 nitrogen and oxygen atoms in total. The number of benzene rings is 2. The fourth-order valence-electron chi connectivity index (χ4n) is 3.36. The maximum absolute atomic E-state index is 12.6. The number of primary amides is 1. The van der Waals surface area contributed by atoms with Crippen LogP contribution in [0.25, 0.3) is 0 Å². The number of ether oxygens (including phenoxy) is 1. The Morgan fingerprint density at radius 2 is 1.96 bits per heavy atom. The summed E-state index contributed by atoms with van der Waals surface area (Å²) in [4.78, 5) is 26.1. The largest absolute Gasteiger partial charge is 0.497 e. The molecule has 1 aliphatic rings. The van der Waals surface area contributed by atoms with Crippen molar-refractivity contribution in [1.29, 1.82) is 0 Å². The fourth-order valence-corrected chi connectivity index (χ4v) is 3.56. The molecule has 0 bridgehead atoms. The van der Waals surface area contributed by atoms with Gasteiger partial charge >= 0.3 is 0 Å². The molecule has 3 N–H and O–H groups in total. The van der Waals surface area contributed by atoms with Crippen LogP contribution in [-0.4, -0.2) is 42.0 Å². The number of aliphatic hydroxyl groups excluding tert-OH is 1. The van der Waals surface area contributed by atoms with Gasteiger partial charge in [0.25, 0.3) is 5.91 Å². The number of rotatable bonds is 6. The van der Waals surface area contributed by atoms with Gasteiger partial charge in [-0.3, -0.25) is 9.59 Å². The van der Waals surface area contributed by atoms with Crippen molar-refractivity contribution in [3.8, 4) is 5.75 Å². The van der Waals surface area contributed by atoms with E-state index in [4.69, 9.17) is 22.1 Å². The first-order valence-electron chi connectivity index (χ1n) is 8.50. The highest BCUT2D eigenvalue weighted by atomic mass is 35.5. The average Bonchev–Trinajstić information content (AvgIpc) is 2.63. The van der Waals surface area contributed by atoms with Crippen LogP contribution in [0.4, 0.5) is 0 Å². The van der Waals surface area contributed by atoms with Gasteiger partial charge in [0.1, 0.15) is 5.75 Å². The van der Waals surface area contributed by atoms with Crippen LogP contribution in [0.15, 0.2) is 48.5 Å². The van der Waals surface area contributed by atoms with Crippen molar-refractivity contribution in [3.05, 3.63) is 64.7 Å². The van der Waals surface area contributed by atoms with Gasteiger partial charge < -0.3 is 20.5 Å². The first kappa shape index (κ1) is 19.2. The highest BCUT2D eigenvalue weighted by molar-refractivity contribution is 6.30. The third-order valence-corrected chi connectivity index (χ3v) is 5.13. The Kier molecular flexibility index (Phi) is 5.39. The summed E-state index contributed by atoms with van der Waals surface area (Å²) in [6.07, 6.45) is -0.928. The van der Waals surface area contributed by atoms with Crippen LogP contribution in [-0.2, 0) is 16.0 Å². The van der Waals surface area contributed by atoms with Crippen molar-refractivity contribution >= 4 is 23.4 Å². The maximum Gasteiger partial charge on any atom is 0.256 e. The predicted molar refractivity (Wildman–Crippen MR) is 101 cm³/mol. The van der Waals surface area contributed by atoms with Crippen molar-refractivity contribution in [2.24, 2.45) is 11.1 Å². The third-order valence-electron chi connectivity index (χ3n) is 4.90. The molecule has 0 radical (unpaired) electrons. The Morgan fingerprint density at radius 3 is 2.59 bits per heavy atom. The second kappa shape index (κ2) is 7.58. The highest BCUT2D eigenvalue weighted by Crippen LogP contribution is 2.36. The summed E-state index contributed by atoms with van der Waals surface area (Å²) >= 11 is 5.92. The smallest absolute Gasteiger partial charge is 0.256 e. The maximum atomic E-state index is 12.6. The van der Waals surface area contributed by atoms with Gasteiger partial charge in [-0.25, -0.2) is 0 Å². The highest BCUT2D eigenvalue weighted by Gasteiger charge is 2.50. The SMILES string of the molecule is COc1cccc(CC2(C(N)=O)CN(C(=O)C(O)c3cccc(Cl)c3)C2)c1. The Morgan fingerprint density at radius 1 is 1.26 bits per heavy atom. The molecule has 27 heavy (non-hydrogen) atoms. The monoisotopic (exact) mass is 388 g/mol. The van der Waals surface area contributed by atoms with Crippen molar-refractivity contribution in [2.45, 2.75) is 12.5 Å². The molecule has 142 valence electrons. The van der Waals surface area contributed by atoms with Crippen LogP contribution in [0, 0.1) is 5.41 Å². The van der Waals surface area contributed by atoms with E-state index in [1.54, 1.807) is 31.4 Å².